The molecule has 0 unspecified atom stereocenters. The Morgan fingerprint density at radius 2 is 1.97 bits per heavy atom. The number of unbranched alkanes of at least 4 members (excludes halogenated alkanes) is 1. The van der Waals surface area contributed by atoms with Crippen LogP contribution in [-0.4, -0.2) is 39.2 Å². The highest BCUT2D eigenvalue weighted by molar-refractivity contribution is 7.93. The summed E-state index contributed by atoms with van der Waals surface area (Å²) in [5, 5.41) is -0.388. The van der Waals surface area contributed by atoms with Gasteiger partial charge in [0.2, 0.25) is 0 Å². The monoisotopic (exact) mass is 473 g/mol. The average molecular weight is 473 g/mol. The third-order valence-electron chi connectivity index (χ3n) is 4.49. The number of imidazole rings is 1. The van der Waals surface area contributed by atoms with E-state index in [2.05, 4.69) is 9.97 Å². The fourth-order valence-corrected chi connectivity index (χ4v) is 4.08. The molecule has 0 radical (unpaired) electrons. The van der Waals surface area contributed by atoms with Gasteiger partial charge in [-0.2, -0.15) is 17.8 Å². The summed E-state index contributed by atoms with van der Waals surface area (Å²) in [6.45, 7) is 1.82. The van der Waals surface area contributed by atoms with Crippen molar-refractivity contribution in [1.82, 2.24) is 19.2 Å². The zero-order valence-corrected chi connectivity index (χ0v) is 17.5. The summed E-state index contributed by atoms with van der Waals surface area (Å²) < 4.78 is 66.3. The van der Waals surface area contributed by atoms with E-state index in [-0.39, 0.29) is 16.5 Å². The topological polar surface area (TPSA) is 136 Å². The maximum atomic E-state index is 13.5. The lowest BCUT2D eigenvalue weighted by Gasteiger charge is -2.15. The fourth-order valence-electron chi connectivity index (χ4n) is 3.01. The smallest absolute Gasteiger partial charge is 0.306 e. The summed E-state index contributed by atoms with van der Waals surface area (Å²) in [6.07, 6.45) is -0.115. The molecule has 0 amide bonds. The number of rotatable bonds is 8. The summed E-state index contributed by atoms with van der Waals surface area (Å²) in [6, 6.07) is 1.45. The van der Waals surface area contributed by atoms with Crippen LogP contribution in [0, 0.1) is 0 Å². The van der Waals surface area contributed by atoms with Crippen molar-refractivity contribution in [2.45, 2.75) is 32.4 Å². The molecule has 0 aliphatic carbocycles. The lowest BCUT2D eigenvalue weighted by Crippen LogP contribution is -2.45. The van der Waals surface area contributed by atoms with Gasteiger partial charge in [-0.1, -0.05) is 13.3 Å². The number of fused-ring (bicyclic) bond motifs is 1. The van der Waals surface area contributed by atoms with Crippen LogP contribution in [0.15, 0.2) is 40.4 Å². The van der Waals surface area contributed by atoms with Crippen LogP contribution >= 0.6 is 0 Å². The predicted molar refractivity (Wildman–Crippen MR) is 109 cm³/mol. The molecule has 10 nitrogen and oxygen atoms in total. The third kappa shape index (κ3) is 4.90. The van der Waals surface area contributed by atoms with Gasteiger partial charge < -0.3 is 9.55 Å². The summed E-state index contributed by atoms with van der Waals surface area (Å²) in [4.78, 5) is 44.3. The molecular formula is C18H18F3N5O5S. The number of halogens is 3. The molecular weight excluding hydrogens is 455 g/mol. The first-order chi connectivity index (χ1) is 14.9. The van der Waals surface area contributed by atoms with Gasteiger partial charge in [0.1, 0.15) is 11.5 Å². The van der Waals surface area contributed by atoms with E-state index in [0.29, 0.717) is 18.9 Å². The molecule has 0 saturated heterocycles. The Balaban J connectivity index is 2.12. The summed E-state index contributed by atoms with van der Waals surface area (Å²) in [7, 11) is -4.41. The number of benzene rings is 1. The molecule has 172 valence electrons. The first-order valence-corrected chi connectivity index (χ1v) is 11.0. The highest BCUT2D eigenvalue weighted by Crippen LogP contribution is 2.35. The van der Waals surface area contributed by atoms with E-state index in [9.17, 15) is 36.0 Å². The number of nitrogens with one attached hydrogen (secondary N) is 2. The molecule has 0 fully saturated rings. The molecule has 14 heteroatoms. The number of hydrogen-bond donors (Lipinski definition) is 2. The Morgan fingerprint density at radius 3 is 2.56 bits per heavy atom. The van der Waals surface area contributed by atoms with Gasteiger partial charge >= 0.3 is 11.9 Å². The van der Waals surface area contributed by atoms with Crippen molar-refractivity contribution in [2.75, 3.05) is 10.6 Å². The quantitative estimate of drug-likeness (QED) is 0.509. The molecule has 0 aliphatic rings. The van der Waals surface area contributed by atoms with Crippen LogP contribution in [0.1, 0.15) is 31.7 Å². The van der Waals surface area contributed by atoms with Crippen molar-refractivity contribution in [3.63, 3.8) is 0 Å². The molecule has 2 heterocycles. The van der Waals surface area contributed by atoms with E-state index in [1.807, 2.05) is 6.92 Å². The van der Waals surface area contributed by atoms with E-state index in [1.54, 1.807) is 4.83 Å². The molecule has 0 spiro atoms. The fraction of sp³-hybridized carbons (Fsp3) is 0.333. The van der Waals surface area contributed by atoms with E-state index in [4.69, 9.17) is 0 Å². The molecule has 2 aromatic heterocycles. The van der Waals surface area contributed by atoms with Crippen LogP contribution in [0.2, 0.25) is 0 Å². The van der Waals surface area contributed by atoms with Gasteiger partial charge in [-0.25, -0.2) is 23.0 Å². The summed E-state index contributed by atoms with van der Waals surface area (Å²) in [5.74, 6) is -1.56. The summed E-state index contributed by atoms with van der Waals surface area (Å²) in [5.41, 5.74) is -4.54. The number of nitrogens with zero attached hydrogens (tertiary/aromatic N) is 3. The predicted octanol–water partition coefficient (Wildman–Crippen LogP) is 1.53. The van der Waals surface area contributed by atoms with Crippen LogP contribution in [0.25, 0.3) is 16.6 Å². The van der Waals surface area contributed by atoms with Crippen molar-refractivity contribution in [1.29, 1.82) is 0 Å². The van der Waals surface area contributed by atoms with E-state index >= 15 is 0 Å². The number of aromatic amines is 1. The normalized spacial score (nSPS) is 12.2. The Kier molecular flexibility index (Phi) is 6.25. The number of aromatic nitrogens is 4. The van der Waals surface area contributed by atoms with E-state index in [1.165, 1.54) is 12.4 Å². The second kappa shape index (κ2) is 8.61. The van der Waals surface area contributed by atoms with Crippen LogP contribution in [0.4, 0.5) is 13.2 Å². The van der Waals surface area contributed by atoms with Crippen LogP contribution < -0.4 is 16.1 Å². The SMILES string of the molecule is CCCCC(=O)CS(=O)(=O)Nn1c(=O)[nH]c2cc(C(F)(F)F)c(-n3ccnc3)cc2c1=O. The van der Waals surface area contributed by atoms with Gasteiger partial charge in [0.15, 0.2) is 0 Å². The molecule has 32 heavy (non-hydrogen) atoms. The molecule has 2 N–H and O–H groups in total. The first-order valence-electron chi connectivity index (χ1n) is 9.33. The Hall–Kier alpha value is -3.42. The van der Waals surface area contributed by atoms with Crippen molar-refractivity contribution < 1.29 is 26.4 Å². The molecule has 0 saturated carbocycles. The minimum atomic E-state index is -4.82. The number of carbonyl (C=O) groups excluding carboxylic acids is 1. The van der Waals surface area contributed by atoms with E-state index < -0.39 is 55.8 Å². The number of H-pyrrole nitrogens is 1. The Bertz CT molecular complexity index is 1370. The standard InChI is InChI=1S/C18H18F3N5O5S/c1-2-3-4-11(27)9-32(30,31)24-26-16(28)12-7-15(25-6-5-22-10-25)13(18(19,20)21)8-14(12)23-17(26)29/h5-8,10,24H,2-4,9H2,1H3,(H,23,29). The maximum Gasteiger partial charge on any atom is 0.418 e. The van der Waals surface area contributed by atoms with Gasteiger partial charge in [0.25, 0.3) is 15.6 Å². The number of ketones is 1. The van der Waals surface area contributed by atoms with Crippen LogP contribution in [-0.2, 0) is 21.0 Å². The number of Topliss-reactive ketones (excluding diaryl/α,β-unsaturated/α-hetero) is 1. The maximum absolute atomic E-state index is 13.5. The van der Waals surface area contributed by atoms with Gasteiger partial charge in [0.05, 0.1) is 28.5 Å². The third-order valence-corrected chi connectivity index (χ3v) is 5.66. The van der Waals surface area contributed by atoms with Gasteiger partial charge in [0, 0.05) is 18.8 Å². The Morgan fingerprint density at radius 1 is 1.25 bits per heavy atom. The highest BCUT2D eigenvalue weighted by atomic mass is 32.2. The van der Waals surface area contributed by atoms with Crippen molar-refractivity contribution >= 4 is 26.7 Å². The number of hydrogen-bond acceptors (Lipinski definition) is 6. The van der Waals surface area contributed by atoms with Crippen LogP contribution in [0.5, 0.6) is 0 Å². The van der Waals surface area contributed by atoms with Gasteiger partial charge in [-0.3, -0.25) is 9.59 Å². The molecule has 1 aromatic carbocycles. The van der Waals surface area contributed by atoms with Crippen molar-refractivity contribution in [3.05, 3.63) is 57.3 Å². The number of alkyl halides is 3. The van der Waals surface area contributed by atoms with Crippen molar-refractivity contribution in [2.24, 2.45) is 0 Å². The Labute approximate surface area is 178 Å². The molecule has 0 bridgehead atoms. The number of sulfonamides is 1. The molecule has 3 aromatic rings. The zero-order valence-electron chi connectivity index (χ0n) is 16.6. The first kappa shape index (κ1) is 23.2. The number of carbonyl (C=O) groups is 1. The molecule has 0 aliphatic heterocycles. The second-order valence-corrected chi connectivity index (χ2v) is 8.65. The molecule has 0 atom stereocenters. The van der Waals surface area contributed by atoms with Gasteiger partial charge in [-0.15, -0.1) is 0 Å². The van der Waals surface area contributed by atoms with Gasteiger partial charge in [-0.05, 0) is 18.6 Å². The highest BCUT2D eigenvalue weighted by Gasteiger charge is 2.35. The lowest BCUT2D eigenvalue weighted by atomic mass is 10.1. The molecule has 3 rings (SSSR count). The summed E-state index contributed by atoms with van der Waals surface area (Å²) >= 11 is 0. The minimum Gasteiger partial charge on any atom is -0.306 e. The largest absolute Gasteiger partial charge is 0.418 e. The second-order valence-electron chi connectivity index (χ2n) is 6.95. The van der Waals surface area contributed by atoms with Crippen molar-refractivity contribution in [3.8, 4) is 5.69 Å². The average Bonchev–Trinajstić information content (AvgIpc) is 3.22. The zero-order chi connectivity index (χ0) is 23.7. The lowest BCUT2D eigenvalue weighted by molar-refractivity contribution is -0.137. The van der Waals surface area contributed by atoms with E-state index in [0.717, 1.165) is 17.0 Å². The minimum absolute atomic E-state index is 0.00880. The van der Waals surface area contributed by atoms with Crippen LogP contribution in [0.3, 0.4) is 0 Å².